The van der Waals surface area contributed by atoms with E-state index in [0.29, 0.717) is 18.0 Å². The zero-order valence-electron chi connectivity index (χ0n) is 11.0. The van der Waals surface area contributed by atoms with Gasteiger partial charge in [0.25, 0.3) is 0 Å². The highest BCUT2D eigenvalue weighted by Crippen LogP contribution is 2.15. The third kappa shape index (κ3) is 4.57. The molecule has 0 bridgehead atoms. The standard InChI is InChI=1S/C13H18FN3O2/c1-8(2)3-6-12(18)16-9-4-5-11(14)10(7-9)13(15)17-19/h4-5,7-8,19H,3,6H2,1-2H3,(H2,15,17)(H,16,18). The fraction of sp³-hybridized carbons (Fsp3) is 0.385. The lowest BCUT2D eigenvalue weighted by Crippen LogP contribution is -2.17. The van der Waals surface area contributed by atoms with Crippen molar-refractivity contribution >= 4 is 17.4 Å². The van der Waals surface area contributed by atoms with Crippen LogP contribution in [-0.4, -0.2) is 17.0 Å². The van der Waals surface area contributed by atoms with Crippen molar-refractivity contribution in [2.45, 2.75) is 26.7 Å². The molecule has 104 valence electrons. The Morgan fingerprint density at radius 2 is 2.21 bits per heavy atom. The number of oxime groups is 1. The number of hydrogen-bond acceptors (Lipinski definition) is 3. The first-order valence-electron chi connectivity index (χ1n) is 6.01. The molecule has 0 aromatic heterocycles. The monoisotopic (exact) mass is 267 g/mol. The molecule has 5 nitrogen and oxygen atoms in total. The first-order chi connectivity index (χ1) is 8.93. The summed E-state index contributed by atoms with van der Waals surface area (Å²) in [6, 6.07) is 3.92. The maximum atomic E-state index is 13.4. The first-order valence-corrected chi connectivity index (χ1v) is 6.01. The van der Waals surface area contributed by atoms with Gasteiger partial charge in [-0.2, -0.15) is 0 Å². The summed E-state index contributed by atoms with van der Waals surface area (Å²) in [4.78, 5) is 11.6. The molecule has 0 aliphatic carbocycles. The van der Waals surface area contributed by atoms with Crippen LogP contribution in [0.2, 0.25) is 0 Å². The molecule has 1 aromatic carbocycles. The highest BCUT2D eigenvalue weighted by Gasteiger charge is 2.10. The molecule has 1 amide bonds. The second-order valence-electron chi connectivity index (χ2n) is 4.66. The molecule has 0 spiro atoms. The quantitative estimate of drug-likeness (QED) is 0.331. The van der Waals surface area contributed by atoms with Crippen molar-refractivity contribution in [1.29, 1.82) is 0 Å². The summed E-state index contributed by atoms with van der Waals surface area (Å²) in [7, 11) is 0. The number of benzene rings is 1. The van der Waals surface area contributed by atoms with E-state index in [2.05, 4.69) is 10.5 Å². The van der Waals surface area contributed by atoms with Crippen molar-refractivity contribution in [1.82, 2.24) is 0 Å². The number of carbonyl (C=O) groups is 1. The Balaban J connectivity index is 2.77. The van der Waals surface area contributed by atoms with Gasteiger partial charge in [0.15, 0.2) is 5.84 Å². The molecule has 0 aliphatic rings. The third-order valence-electron chi connectivity index (χ3n) is 2.58. The fourth-order valence-electron chi connectivity index (χ4n) is 1.50. The van der Waals surface area contributed by atoms with E-state index in [1.165, 1.54) is 12.1 Å². The van der Waals surface area contributed by atoms with Gasteiger partial charge < -0.3 is 16.3 Å². The van der Waals surface area contributed by atoms with Gasteiger partial charge in [-0.15, -0.1) is 0 Å². The van der Waals surface area contributed by atoms with Crippen LogP contribution in [0.1, 0.15) is 32.3 Å². The Bertz CT molecular complexity index is 487. The van der Waals surface area contributed by atoms with Crippen LogP contribution in [-0.2, 0) is 4.79 Å². The van der Waals surface area contributed by atoms with Crippen molar-refractivity contribution in [3.8, 4) is 0 Å². The summed E-state index contributed by atoms with van der Waals surface area (Å²) in [6.45, 7) is 4.06. The highest BCUT2D eigenvalue weighted by atomic mass is 19.1. The van der Waals surface area contributed by atoms with E-state index >= 15 is 0 Å². The van der Waals surface area contributed by atoms with Gasteiger partial charge in [0.2, 0.25) is 5.91 Å². The van der Waals surface area contributed by atoms with Crippen molar-refractivity contribution in [2.75, 3.05) is 5.32 Å². The van der Waals surface area contributed by atoms with Gasteiger partial charge in [-0.1, -0.05) is 19.0 Å². The number of carbonyl (C=O) groups excluding carboxylic acids is 1. The number of nitrogens with one attached hydrogen (secondary N) is 1. The summed E-state index contributed by atoms with van der Waals surface area (Å²) in [5, 5.41) is 13.9. The molecule has 0 saturated carbocycles. The summed E-state index contributed by atoms with van der Waals surface area (Å²) >= 11 is 0. The second-order valence-corrected chi connectivity index (χ2v) is 4.66. The van der Waals surface area contributed by atoms with Gasteiger partial charge in [0, 0.05) is 12.1 Å². The summed E-state index contributed by atoms with van der Waals surface area (Å²) in [6.07, 6.45) is 1.17. The number of hydrogen-bond donors (Lipinski definition) is 3. The minimum absolute atomic E-state index is 0.0517. The number of amidine groups is 1. The van der Waals surface area contributed by atoms with Crippen molar-refractivity contribution in [3.05, 3.63) is 29.6 Å². The van der Waals surface area contributed by atoms with Gasteiger partial charge in [0.1, 0.15) is 5.82 Å². The Morgan fingerprint density at radius 1 is 1.53 bits per heavy atom. The van der Waals surface area contributed by atoms with Crippen molar-refractivity contribution in [2.24, 2.45) is 16.8 Å². The number of anilines is 1. The summed E-state index contributed by atoms with van der Waals surface area (Å²) in [5.74, 6) is -0.663. The maximum Gasteiger partial charge on any atom is 0.224 e. The van der Waals surface area contributed by atoms with E-state index in [0.717, 1.165) is 12.5 Å². The lowest BCUT2D eigenvalue weighted by molar-refractivity contribution is -0.116. The molecule has 0 fully saturated rings. The van der Waals surface area contributed by atoms with Crippen LogP contribution in [0.15, 0.2) is 23.4 Å². The average molecular weight is 267 g/mol. The van der Waals surface area contributed by atoms with Gasteiger partial charge >= 0.3 is 0 Å². The molecule has 6 heteroatoms. The molecular formula is C13H18FN3O2. The van der Waals surface area contributed by atoms with Crippen LogP contribution < -0.4 is 11.1 Å². The van der Waals surface area contributed by atoms with E-state index in [9.17, 15) is 9.18 Å². The molecule has 0 radical (unpaired) electrons. The molecule has 0 unspecified atom stereocenters. The number of nitrogens with zero attached hydrogens (tertiary/aromatic N) is 1. The predicted octanol–water partition coefficient (Wildman–Crippen LogP) is 2.29. The Kier molecular flexibility index (Phi) is 5.29. The molecule has 4 N–H and O–H groups in total. The lowest BCUT2D eigenvalue weighted by atomic mass is 10.1. The topological polar surface area (TPSA) is 87.7 Å². The maximum absolute atomic E-state index is 13.4. The van der Waals surface area contributed by atoms with E-state index in [1.54, 1.807) is 0 Å². The number of amides is 1. The fourth-order valence-corrected chi connectivity index (χ4v) is 1.50. The number of rotatable bonds is 5. The molecular weight excluding hydrogens is 249 g/mol. The number of halogens is 1. The predicted molar refractivity (Wildman–Crippen MR) is 71.6 cm³/mol. The molecule has 0 heterocycles. The lowest BCUT2D eigenvalue weighted by Gasteiger charge is -2.08. The SMILES string of the molecule is CC(C)CCC(=O)Nc1ccc(F)c(C(N)=NO)c1. The summed E-state index contributed by atoms with van der Waals surface area (Å²) in [5.41, 5.74) is 5.70. The van der Waals surface area contributed by atoms with E-state index in [-0.39, 0.29) is 17.3 Å². The van der Waals surface area contributed by atoms with Gasteiger partial charge in [-0.3, -0.25) is 4.79 Å². The van der Waals surface area contributed by atoms with E-state index in [1.807, 2.05) is 13.8 Å². The third-order valence-corrected chi connectivity index (χ3v) is 2.58. The van der Waals surface area contributed by atoms with Crippen LogP contribution in [0.4, 0.5) is 10.1 Å². The van der Waals surface area contributed by atoms with Gasteiger partial charge in [-0.05, 0) is 30.5 Å². The van der Waals surface area contributed by atoms with Crippen LogP contribution in [0.5, 0.6) is 0 Å². The highest BCUT2D eigenvalue weighted by molar-refractivity contribution is 5.99. The molecule has 1 rings (SSSR count). The molecule has 19 heavy (non-hydrogen) atoms. The Morgan fingerprint density at radius 3 is 2.79 bits per heavy atom. The van der Waals surface area contributed by atoms with Crippen LogP contribution in [0.25, 0.3) is 0 Å². The van der Waals surface area contributed by atoms with Crippen molar-refractivity contribution < 1.29 is 14.4 Å². The van der Waals surface area contributed by atoms with Crippen LogP contribution in [0, 0.1) is 11.7 Å². The van der Waals surface area contributed by atoms with Crippen molar-refractivity contribution in [3.63, 3.8) is 0 Å². The average Bonchev–Trinajstić information content (AvgIpc) is 2.37. The molecule has 0 aliphatic heterocycles. The largest absolute Gasteiger partial charge is 0.409 e. The van der Waals surface area contributed by atoms with Crippen LogP contribution in [0.3, 0.4) is 0 Å². The minimum Gasteiger partial charge on any atom is -0.409 e. The second kappa shape index (κ2) is 6.72. The first kappa shape index (κ1) is 14.9. The normalized spacial score (nSPS) is 11.7. The van der Waals surface area contributed by atoms with E-state index < -0.39 is 5.82 Å². The zero-order chi connectivity index (χ0) is 14.4. The Hall–Kier alpha value is -2.11. The Labute approximate surface area is 111 Å². The number of nitrogens with two attached hydrogens (primary N) is 1. The molecule has 0 saturated heterocycles. The van der Waals surface area contributed by atoms with Gasteiger partial charge in [-0.25, -0.2) is 4.39 Å². The van der Waals surface area contributed by atoms with Crippen LogP contribution >= 0.6 is 0 Å². The minimum atomic E-state index is -0.615. The van der Waals surface area contributed by atoms with E-state index in [4.69, 9.17) is 10.9 Å². The molecule has 1 aromatic rings. The van der Waals surface area contributed by atoms with Gasteiger partial charge in [0.05, 0.1) is 5.56 Å². The molecule has 0 atom stereocenters. The smallest absolute Gasteiger partial charge is 0.224 e. The zero-order valence-corrected chi connectivity index (χ0v) is 11.0. The summed E-state index contributed by atoms with van der Waals surface area (Å²) < 4.78 is 13.4.